The normalized spacial score (nSPS) is 19.6. The summed E-state index contributed by atoms with van der Waals surface area (Å²) in [5.41, 5.74) is 0. The van der Waals surface area contributed by atoms with Crippen molar-refractivity contribution in [3.63, 3.8) is 0 Å². The van der Waals surface area contributed by atoms with Crippen LogP contribution in [0.15, 0.2) is 30.3 Å². The standard InChI is InChI=1S/C15H21NO4/c1-2-18-15(17)11-16-8-9-19-14(10-16)12-20-13-6-4-3-5-7-13/h3-7,14H,2,8-12H2,1H3/t14-/m0/s1. The summed E-state index contributed by atoms with van der Waals surface area (Å²) in [6.07, 6.45) is -0.0154. The topological polar surface area (TPSA) is 48.0 Å². The summed E-state index contributed by atoms with van der Waals surface area (Å²) >= 11 is 0. The quantitative estimate of drug-likeness (QED) is 0.735. The highest BCUT2D eigenvalue weighted by atomic mass is 16.5. The van der Waals surface area contributed by atoms with Gasteiger partial charge in [-0.05, 0) is 19.1 Å². The molecule has 0 unspecified atom stereocenters. The third-order valence-corrected chi connectivity index (χ3v) is 3.06. The summed E-state index contributed by atoms with van der Waals surface area (Å²) in [6.45, 7) is 5.09. The Kier molecular flexibility index (Phi) is 5.83. The number of carbonyl (C=O) groups excluding carboxylic acids is 1. The summed E-state index contributed by atoms with van der Waals surface area (Å²) < 4.78 is 16.3. The van der Waals surface area contributed by atoms with Crippen molar-refractivity contribution in [1.29, 1.82) is 0 Å². The SMILES string of the molecule is CCOC(=O)CN1CCO[C@H](COc2ccccc2)C1. The Morgan fingerprint density at radius 3 is 2.95 bits per heavy atom. The number of hydrogen-bond acceptors (Lipinski definition) is 5. The van der Waals surface area contributed by atoms with Gasteiger partial charge in [-0.15, -0.1) is 0 Å². The lowest BCUT2D eigenvalue weighted by atomic mass is 10.3. The summed E-state index contributed by atoms with van der Waals surface area (Å²) in [6, 6.07) is 9.65. The summed E-state index contributed by atoms with van der Waals surface area (Å²) in [5, 5.41) is 0. The average molecular weight is 279 g/mol. The van der Waals surface area contributed by atoms with Gasteiger partial charge in [-0.25, -0.2) is 0 Å². The molecular formula is C15H21NO4. The monoisotopic (exact) mass is 279 g/mol. The van der Waals surface area contributed by atoms with Gasteiger partial charge in [0.05, 0.1) is 19.8 Å². The molecule has 1 heterocycles. The van der Waals surface area contributed by atoms with Gasteiger partial charge in [-0.3, -0.25) is 9.69 Å². The first-order chi connectivity index (χ1) is 9.78. The molecule has 5 heteroatoms. The van der Waals surface area contributed by atoms with E-state index in [1.807, 2.05) is 42.2 Å². The smallest absolute Gasteiger partial charge is 0.320 e. The van der Waals surface area contributed by atoms with Crippen molar-refractivity contribution in [3.8, 4) is 5.75 Å². The molecule has 0 amide bonds. The molecule has 1 saturated heterocycles. The van der Waals surface area contributed by atoms with Crippen LogP contribution in [0.25, 0.3) is 0 Å². The van der Waals surface area contributed by atoms with Gasteiger partial charge in [0.25, 0.3) is 0 Å². The molecular weight excluding hydrogens is 258 g/mol. The van der Waals surface area contributed by atoms with Crippen LogP contribution in [-0.2, 0) is 14.3 Å². The van der Waals surface area contributed by atoms with E-state index in [9.17, 15) is 4.79 Å². The highest BCUT2D eigenvalue weighted by Crippen LogP contribution is 2.11. The van der Waals surface area contributed by atoms with Crippen molar-refractivity contribution >= 4 is 5.97 Å². The van der Waals surface area contributed by atoms with Crippen LogP contribution in [0, 0.1) is 0 Å². The first kappa shape index (κ1) is 14.8. The maximum absolute atomic E-state index is 11.5. The van der Waals surface area contributed by atoms with Gasteiger partial charge < -0.3 is 14.2 Å². The Bertz CT molecular complexity index is 410. The minimum atomic E-state index is -0.183. The summed E-state index contributed by atoms with van der Waals surface area (Å²) in [5.74, 6) is 0.649. The molecule has 1 aromatic rings. The lowest BCUT2D eigenvalue weighted by Crippen LogP contribution is -2.47. The predicted molar refractivity (Wildman–Crippen MR) is 74.8 cm³/mol. The van der Waals surface area contributed by atoms with Crippen LogP contribution in [0.4, 0.5) is 0 Å². The van der Waals surface area contributed by atoms with Crippen molar-refractivity contribution in [1.82, 2.24) is 4.90 Å². The largest absolute Gasteiger partial charge is 0.491 e. The fourth-order valence-corrected chi connectivity index (χ4v) is 2.12. The molecule has 2 rings (SSSR count). The Balaban J connectivity index is 1.74. The summed E-state index contributed by atoms with van der Waals surface area (Å²) in [4.78, 5) is 13.5. The zero-order valence-corrected chi connectivity index (χ0v) is 11.8. The van der Waals surface area contributed by atoms with E-state index in [0.717, 1.165) is 12.3 Å². The Morgan fingerprint density at radius 2 is 2.20 bits per heavy atom. The maximum atomic E-state index is 11.5. The lowest BCUT2D eigenvalue weighted by molar-refractivity contribution is -0.146. The molecule has 1 atom stereocenters. The number of hydrogen-bond donors (Lipinski definition) is 0. The fraction of sp³-hybridized carbons (Fsp3) is 0.533. The van der Waals surface area contributed by atoms with Crippen molar-refractivity contribution in [2.24, 2.45) is 0 Å². The third-order valence-electron chi connectivity index (χ3n) is 3.06. The van der Waals surface area contributed by atoms with Crippen molar-refractivity contribution < 1.29 is 19.0 Å². The molecule has 1 aromatic carbocycles. The van der Waals surface area contributed by atoms with Gasteiger partial charge in [0.15, 0.2) is 0 Å². The lowest BCUT2D eigenvalue weighted by Gasteiger charge is -2.31. The molecule has 20 heavy (non-hydrogen) atoms. The fourth-order valence-electron chi connectivity index (χ4n) is 2.12. The van der Waals surface area contributed by atoms with E-state index in [-0.39, 0.29) is 12.1 Å². The molecule has 0 radical (unpaired) electrons. The number of nitrogens with zero attached hydrogens (tertiary/aromatic N) is 1. The number of morpholine rings is 1. The molecule has 110 valence electrons. The van der Waals surface area contributed by atoms with E-state index < -0.39 is 0 Å². The van der Waals surface area contributed by atoms with Crippen LogP contribution < -0.4 is 4.74 Å². The predicted octanol–water partition coefficient (Wildman–Crippen LogP) is 1.33. The van der Waals surface area contributed by atoms with E-state index >= 15 is 0 Å². The van der Waals surface area contributed by atoms with E-state index in [1.165, 1.54) is 0 Å². The molecule has 1 aliphatic rings. The van der Waals surface area contributed by atoms with Gasteiger partial charge in [0.2, 0.25) is 0 Å². The molecule has 0 N–H and O–H groups in total. The molecule has 0 aromatic heterocycles. The summed E-state index contributed by atoms with van der Waals surface area (Å²) in [7, 11) is 0. The van der Waals surface area contributed by atoms with Crippen LogP contribution in [0.1, 0.15) is 6.92 Å². The van der Waals surface area contributed by atoms with Gasteiger partial charge in [0.1, 0.15) is 18.5 Å². The van der Waals surface area contributed by atoms with Crippen LogP contribution in [-0.4, -0.2) is 56.4 Å². The van der Waals surface area contributed by atoms with Crippen molar-refractivity contribution in [2.75, 3.05) is 39.5 Å². The first-order valence-electron chi connectivity index (χ1n) is 6.95. The second-order valence-corrected chi connectivity index (χ2v) is 4.66. The number of para-hydroxylation sites is 1. The van der Waals surface area contributed by atoms with Gasteiger partial charge >= 0.3 is 5.97 Å². The molecule has 1 fully saturated rings. The minimum absolute atomic E-state index is 0.0154. The molecule has 0 spiro atoms. The highest BCUT2D eigenvalue weighted by Gasteiger charge is 2.23. The average Bonchev–Trinajstić information content (AvgIpc) is 2.47. The van der Waals surface area contributed by atoms with E-state index in [2.05, 4.69) is 0 Å². The molecule has 0 saturated carbocycles. The molecule has 0 aliphatic carbocycles. The zero-order chi connectivity index (χ0) is 14.2. The number of ether oxygens (including phenoxy) is 3. The first-order valence-corrected chi connectivity index (χ1v) is 6.95. The highest BCUT2D eigenvalue weighted by molar-refractivity contribution is 5.71. The van der Waals surface area contributed by atoms with Crippen LogP contribution in [0.5, 0.6) is 5.75 Å². The minimum Gasteiger partial charge on any atom is -0.491 e. The van der Waals surface area contributed by atoms with Gasteiger partial charge in [-0.1, -0.05) is 18.2 Å². The van der Waals surface area contributed by atoms with Crippen LogP contribution in [0.2, 0.25) is 0 Å². The number of carbonyl (C=O) groups is 1. The van der Waals surface area contributed by atoms with E-state index in [1.54, 1.807) is 0 Å². The van der Waals surface area contributed by atoms with Crippen molar-refractivity contribution in [3.05, 3.63) is 30.3 Å². The molecule has 0 bridgehead atoms. The second-order valence-electron chi connectivity index (χ2n) is 4.66. The van der Waals surface area contributed by atoms with Crippen LogP contribution in [0.3, 0.4) is 0 Å². The number of esters is 1. The number of benzene rings is 1. The third kappa shape index (κ3) is 4.83. The zero-order valence-electron chi connectivity index (χ0n) is 11.8. The maximum Gasteiger partial charge on any atom is 0.320 e. The Morgan fingerprint density at radius 1 is 1.40 bits per heavy atom. The van der Waals surface area contributed by atoms with Gasteiger partial charge in [0, 0.05) is 13.1 Å². The second kappa shape index (κ2) is 7.87. The number of rotatable bonds is 6. The Labute approximate surface area is 119 Å². The van der Waals surface area contributed by atoms with Gasteiger partial charge in [-0.2, -0.15) is 0 Å². The van der Waals surface area contributed by atoms with E-state index in [4.69, 9.17) is 14.2 Å². The Hall–Kier alpha value is -1.59. The van der Waals surface area contributed by atoms with Crippen LogP contribution >= 0.6 is 0 Å². The molecule has 5 nitrogen and oxygen atoms in total. The molecule has 1 aliphatic heterocycles. The van der Waals surface area contributed by atoms with E-state index in [0.29, 0.717) is 32.9 Å². The van der Waals surface area contributed by atoms with Crippen molar-refractivity contribution in [2.45, 2.75) is 13.0 Å².